The average molecular weight is 500 g/mol. The summed E-state index contributed by atoms with van der Waals surface area (Å²) >= 11 is 0. The van der Waals surface area contributed by atoms with Crippen LogP contribution in [0.25, 0.3) is 0 Å². The normalized spacial score (nSPS) is 15.4. The van der Waals surface area contributed by atoms with E-state index in [0.29, 0.717) is 0 Å². The van der Waals surface area contributed by atoms with Gasteiger partial charge in [0.1, 0.15) is 0 Å². The quantitative estimate of drug-likeness (QED) is 0.265. The maximum Gasteiger partial charge on any atom is 0.251 e. The molecule has 0 bridgehead atoms. The lowest BCUT2D eigenvalue weighted by Gasteiger charge is -2.32. The van der Waals surface area contributed by atoms with Crippen LogP contribution in [0, 0.1) is 5.92 Å². The monoisotopic (exact) mass is 499 g/mol. The number of nitrogens with one attached hydrogen (secondary N) is 2. The van der Waals surface area contributed by atoms with Gasteiger partial charge in [0.05, 0.1) is 0 Å². The van der Waals surface area contributed by atoms with Crippen LogP contribution in [0.2, 0.25) is 0 Å². The van der Waals surface area contributed by atoms with E-state index in [9.17, 15) is 4.79 Å². The molecule has 1 unspecified atom stereocenters. The van der Waals surface area contributed by atoms with E-state index in [1.165, 1.54) is 36.0 Å². The SMILES string of the molecule is CCCC(CCNCc1ccc(C(=O)NC2CCN(Cc3ccccc3)CC2)cc1)Cc1ccccc1.[HH]. The molecule has 4 heteroatoms. The van der Waals surface area contributed by atoms with E-state index in [-0.39, 0.29) is 13.4 Å². The van der Waals surface area contributed by atoms with Gasteiger partial charge in [0.25, 0.3) is 5.91 Å². The minimum absolute atomic E-state index is 0. The number of benzene rings is 3. The molecule has 1 atom stereocenters. The minimum Gasteiger partial charge on any atom is -0.349 e. The van der Waals surface area contributed by atoms with Crippen molar-refractivity contribution in [3.63, 3.8) is 0 Å². The number of amides is 1. The fourth-order valence-corrected chi connectivity index (χ4v) is 5.36. The van der Waals surface area contributed by atoms with E-state index >= 15 is 0 Å². The summed E-state index contributed by atoms with van der Waals surface area (Å²) in [6.07, 6.45) is 6.85. The van der Waals surface area contributed by atoms with Crippen LogP contribution < -0.4 is 10.6 Å². The van der Waals surface area contributed by atoms with Crippen LogP contribution in [0.4, 0.5) is 0 Å². The first-order chi connectivity index (χ1) is 18.2. The first kappa shape index (κ1) is 27.1. The van der Waals surface area contributed by atoms with Gasteiger partial charge in [0.2, 0.25) is 0 Å². The van der Waals surface area contributed by atoms with Gasteiger partial charge >= 0.3 is 0 Å². The number of carbonyl (C=O) groups excluding carboxylic acids is 1. The summed E-state index contributed by atoms with van der Waals surface area (Å²) in [6.45, 7) is 7.17. The van der Waals surface area contributed by atoms with Crippen LogP contribution in [0.15, 0.2) is 84.9 Å². The van der Waals surface area contributed by atoms with Gasteiger partial charge in [-0.2, -0.15) is 0 Å². The van der Waals surface area contributed by atoms with Gasteiger partial charge < -0.3 is 10.6 Å². The van der Waals surface area contributed by atoms with Crippen molar-refractivity contribution in [3.05, 3.63) is 107 Å². The molecule has 0 radical (unpaired) electrons. The van der Waals surface area contributed by atoms with Crippen molar-refractivity contribution in [3.8, 4) is 0 Å². The Morgan fingerprint density at radius 2 is 1.51 bits per heavy atom. The van der Waals surface area contributed by atoms with Crippen molar-refractivity contribution in [1.29, 1.82) is 0 Å². The third kappa shape index (κ3) is 9.14. The molecule has 0 aromatic heterocycles. The molecule has 1 fully saturated rings. The highest BCUT2D eigenvalue weighted by Crippen LogP contribution is 2.18. The zero-order valence-corrected chi connectivity index (χ0v) is 22.4. The Morgan fingerprint density at radius 1 is 0.865 bits per heavy atom. The smallest absolute Gasteiger partial charge is 0.251 e. The van der Waals surface area contributed by atoms with Crippen molar-refractivity contribution < 1.29 is 6.22 Å². The molecule has 3 aromatic carbocycles. The van der Waals surface area contributed by atoms with E-state index in [2.05, 4.69) is 95.3 Å². The van der Waals surface area contributed by atoms with E-state index in [0.717, 1.165) is 63.5 Å². The van der Waals surface area contributed by atoms with Crippen LogP contribution in [-0.2, 0) is 19.5 Å². The number of hydrogen-bond acceptors (Lipinski definition) is 3. The molecule has 0 spiro atoms. The zero-order valence-electron chi connectivity index (χ0n) is 22.4. The summed E-state index contributed by atoms with van der Waals surface area (Å²) in [5.74, 6) is 0.764. The number of likely N-dealkylation sites (tertiary alicyclic amines) is 1. The summed E-state index contributed by atoms with van der Waals surface area (Å²) in [5, 5.41) is 6.86. The largest absolute Gasteiger partial charge is 0.349 e. The van der Waals surface area contributed by atoms with Gasteiger partial charge in [0.15, 0.2) is 0 Å². The molecule has 0 aliphatic carbocycles. The molecule has 4 nitrogen and oxygen atoms in total. The number of carbonyl (C=O) groups is 1. The number of piperidine rings is 1. The standard InChI is InChI=1S/C33H43N3O.H2/c1-2-9-27(24-28-10-5-3-6-11-28)18-21-34-25-29-14-16-31(17-15-29)33(37)35-32-19-22-36(23-20-32)26-30-12-7-4-8-13-30;/h3-8,10-17,27,32,34H,2,9,18-26H2,1H3,(H,35,37);1H. The summed E-state index contributed by atoms with van der Waals surface area (Å²) in [4.78, 5) is 15.3. The molecule has 1 aliphatic heterocycles. The second-order valence-electron chi connectivity index (χ2n) is 10.5. The molecule has 0 saturated carbocycles. The highest BCUT2D eigenvalue weighted by molar-refractivity contribution is 5.94. The Hall–Kier alpha value is -2.95. The van der Waals surface area contributed by atoms with Gasteiger partial charge in [-0.1, -0.05) is 92.6 Å². The van der Waals surface area contributed by atoms with Crippen LogP contribution >= 0.6 is 0 Å². The molecule has 1 amide bonds. The molecule has 1 heterocycles. The molecule has 1 aliphatic rings. The maximum absolute atomic E-state index is 12.8. The summed E-state index contributed by atoms with van der Waals surface area (Å²) in [6, 6.07) is 29.8. The Kier molecular flexibility index (Phi) is 10.8. The van der Waals surface area contributed by atoms with Crippen LogP contribution in [0.5, 0.6) is 0 Å². The first-order valence-electron chi connectivity index (χ1n) is 14.1. The lowest BCUT2D eigenvalue weighted by atomic mass is 9.92. The van der Waals surface area contributed by atoms with E-state index in [4.69, 9.17) is 0 Å². The maximum atomic E-state index is 12.8. The highest BCUT2D eigenvalue weighted by atomic mass is 16.1. The van der Waals surface area contributed by atoms with Crippen molar-refractivity contribution >= 4 is 5.91 Å². The number of rotatable bonds is 13. The predicted molar refractivity (Wildman–Crippen MR) is 156 cm³/mol. The third-order valence-electron chi connectivity index (χ3n) is 7.51. The van der Waals surface area contributed by atoms with E-state index < -0.39 is 0 Å². The lowest BCUT2D eigenvalue weighted by molar-refractivity contribution is 0.0909. The van der Waals surface area contributed by atoms with E-state index in [1.54, 1.807) is 0 Å². The molecule has 1 saturated heterocycles. The van der Waals surface area contributed by atoms with Gasteiger partial charge in [-0.3, -0.25) is 9.69 Å². The summed E-state index contributed by atoms with van der Waals surface area (Å²) in [5.41, 5.74) is 4.77. The highest BCUT2D eigenvalue weighted by Gasteiger charge is 2.21. The van der Waals surface area contributed by atoms with Gasteiger partial charge in [-0.25, -0.2) is 0 Å². The van der Waals surface area contributed by atoms with Crippen LogP contribution in [0.3, 0.4) is 0 Å². The Balaban J connectivity index is 0.00000400. The fraction of sp³-hybridized carbons (Fsp3) is 0.424. The molecular formula is C33H45N3O. The van der Waals surface area contributed by atoms with Gasteiger partial charge in [-0.15, -0.1) is 0 Å². The Bertz CT molecular complexity index is 1050. The average Bonchev–Trinajstić information content (AvgIpc) is 2.94. The Morgan fingerprint density at radius 3 is 2.16 bits per heavy atom. The van der Waals surface area contributed by atoms with Crippen LogP contribution in [0.1, 0.15) is 67.5 Å². The molecule has 198 valence electrons. The molecule has 2 N–H and O–H groups in total. The second kappa shape index (κ2) is 14.7. The van der Waals surface area contributed by atoms with Crippen molar-refractivity contribution in [2.75, 3.05) is 19.6 Å². The van der Waals surface area contributed by atoms with Crippen molar-refractivity contribution in [2.24, 2.45) is 5.92 Å². The van der Waals surface area contributed by atoms with E-state index in [1.807, 2.05) is 12.1 Å². The topological polar surface area (TPSA) is 44.4 Å². The number of nitrogens with zero attached hydrogens (tertiary/aromatic N) is 1. The van der Waals surface area contributed by atoms with Crippen molar-refractivity contribution in [1.82, 2.24) is 15.5 Å². The first-order valence-corrected chi connectivity index (χ1v) is 14.1. The number of hydrogen-bond donors (Lipinski definition) is 2. The van der Waals surface area contributed by atoms with Crippen LogP contribution in [-0.4, -0.2) is 36.5 Å². The van der Waals surface area contributed by atoms with Gasteiger partial charge in [-0.05, 0) is 67.0 Å². The molecule has 37 heavy (non-hydrogen) atoms. The molecule has 3 aromatic rings. The third-order valence-corrected chi connectivity index (χ3v) is 7.51. The second-order valence-corrected chi connectivity index (χ2v) is 10.5. The fourth-order valence-electron chi connectivity index (χ4n) is 5.36. The lowest BCUT2D eigenvalue weighted by Crippen LogP contribution is -2.44. The Labute approximate surface area is 225 Å². The minimum atomic E-state index is 0. The predicted octanol–water partition coefficient (Wildman–Crippen LogP) is 6.47. The summed E-state index contributed by atoms with van der Waals surface area (Å²) < 4.78 is 0. The zero-order chi connectivity index (χ0) is 25.7. The van der Waals surface area contributed by atoms with Gasteiger partial charge in [0, 0.05) is 39.2 Å². The molecular weight excluding hydrogens is 454 g/mol. The molecule has 4 rings (SSSR count). The van der Waals surface area contributed by atoms with Crippen molar-refractivity contribution in [2.45, 2.75) is 64.6 Å². The summed E-state index contributed by atoms with van der Waals surface area (Å²) in [7, 11) is 0.